The Kier molecular flexibility index (Phi) is 5.07. The standard InChI is InChI=1S/C19H22N4O2.ClH/c20-13-8-12-9-14(21)11-16-17(12)15(10-13)18(24)23(19(16)25)7-6-22-4-2-1-3-5-22;/h8-11H,1-7,20-21H2;1H. The van der Waals surface area contributed by atoms with E-state index in [1.165, 1.54) is 24.2 Å². The molecule has 0 spiro atoms. The number of nitrogen functional groups attached to an aromatic ring is 2. The number of amides is 2. The summed E-state index contributed by atoms with van der Waals surface area (Å²) < 4.78 is 0. The molecule has 0 aliphatic carbocycles. The minimum absolute atomic E-state index is 0. The molecule has 0 radical (unpaired) electrons. The number of halogens is 1. The minimum atomic E-state index is -0.267. The highest BCUT2D eigenvalue weighted by molar-refractivity contribution is 6.26. The van der Waals surface area contributed by atoms with E-state index < -0.39 is 0 Å². The SMILES string of the molecule is Cl.Nc1cc2c3c(cc(N)cc3c1)C(=O)N(CCN1CCCCC1)C2=O. The Morgan fingerprint density at radius 1 is 0.808 bits per heavy atom. The Hall–Kier alpha value is -2.31. The molecular weight excluding hydrogens is 352 g/mol. The Morgan fingerprint density at radius 3 is 1.88 bits per heavy atom. The largest absolute Gasteiger partial charge is 0.399 e. The molecule has 2 heterocycles. The molecule has 0 aromatic heterocycles. The molecule has 138 valence electrons. The van der Waals surface area contributed by atoms with E-state index in [1.807, 2.05) is 0 Å². The third kappa shape index (κ3) is 3.10. The van der Waals surface area contributed by atoms with Crippen molar-refractivity contribution in [2.45, 2.75) is 19.3 Å². The third-order valence-electron chi connectivity index (χ3n) is 5.13. The van der Waals surface area contributed by atoms with Gasteiger partial charge in [0, 0.05) is 29.9 Å². The van der Waals surface area contributed by atoms with Crippen LogP contribution in [0.5, 0.6) is 0 Å². The maximum Gasteiger partial charge on any atom is 0.261 e. The van der Waals surface area contributed by atoms with Gasteiger partial charge in [0.15, 0.2) is 0 Å². The molecule has 4 N–H and O–H groups in total. The fourth-order valence-electron chi connectivity index (χ4n) is 3.91. The lowest BCUT2D eigenvalue weighted by atomic mass is 9.93. The smallest absolute Gasteiger partial charge is 0.261 e. The molecular formula is C19H23ClN4O2. The number of benzene rings is 2. The van der Waals surface area contributed by atoms with E-state index in [9.17, 15) is 9.59 Å². The van der Waals surface area contributed by atoms with Crippen molar-refractivity contribution in [3.05, 3.63) is 35.4 Å². The molecule has 0 bridgehead atoms. The number of anilines is 2. The summed E-state index contributed by atoms with van der Waals surface area (Å²) in [5.74, 6) is -0.534. The molecule has 6 nitrogen and oxygen atoms in total. The predicted molar refractivity (Wildman–Crippen MR) is 106 cm³/mol. The molecule has 2 aromatic rings. The Labute approximate surface area is 158 Å². The molecule has 2 amide bonds. The molecule has 0 atom stereocenters. The van der Waals surface area contributed by atoms with Gasteiger partial charge in [0.25, 0.3) is 11.8 Å². The fraction of sp³-hybridized carbons (Fsp3) is 0.368. The van der Waals surface area contributed by atoms with Gasteiger partial charge in [-0.2, -0.15) is 0 Å². The minimum Gasteiger partial charge on any atom is -0.399 e. The molecule has 1 fully saturated rings. The van der Waals surface area contributed by atoms with E-state index in [0.29, 0.717) is 41.0 Å². The van der Waals surface area contributed by atoms with Crippen LogP contribution in [-0.4, -0.2) is 47.8 Å². The monoisotopic (exact) mass is 374 g/mol. The summed E-state index contributed by atoms with van der Waals surface area (Å²) in [6.45, 7) is 3.16. The molecule has 1 saturated heterocycles. The normalized spacial score (nSPS) is 17.5. The predicted octanol–water partition coefficient (Wildman–Crippen LogP) is 2.51. The Balaban J connectivity index is 0.00000196. The van der Waals surface area contributed by atoms with Crippen molar-refractivity contribution >= 4 is 46.4 Å². The number of piperidine rings is 1. The third-order valence-corrected chi connectivity index (χ3v) is 5.13. The summed E-state index contributed by atoms with van der Waals surface area (Å²) in [7, 11) is 0. The van der Waals surface area contributed by atoms with Crippen molar-refractivity contribution in [1.29, 1.82) is 0 Å². The van der Waals surface area contributed by atoms with Gasteiger partial charge in [0.2, 0.25) is 0 Å². The van der Waals surface area contributed by atoms with Crippen LogP contribution in [0.1, 0.15) is 40.0 Å². The molecule has 0 saturated carbocycles. The summed E-state index contributed by atoms with van der Waals surface area (Å²) in [6, 6.07) is 6.82. The fourth-order valence-corrected chi connectivity index (χ4v) is 3.91. The highest BCUT2D eigenvalue weighted by Gasteiger charge is 2.33. The lowest BCUT2D eigenvalue weighted by molar-refractivity contribution is 0.0588. The van der Waals surface area contributed by atoms with Gasteiger partial charge >= 0.3 is 0 Å². The maximum absolute atomic E-state index is 12.9. The summed E-state index contributed by atoms with van der Waals surface area (Å²) in [5.41, 5.74) is 13.9. The van der Waals surface area contributed by atoms with Crippen LogP contribution in [0.25, 0.3) is 10.8 Å². The first-order chi connectivity index (χ1) is 12.0. The second-order valence-corrected chi connectivity index (χ2v) is 6.90. The quantitative estimate of drug-likeness (QED) is 0.636. The van der Waals surface area contributed by atoms with Gasteiger partial charge in [0.1, 0.15) is 0 Å². The summed E-state index contributed by atoms with van der Waals surface area (Å²) in [6.07, 6.45) is 3.61. The van der Waals surface area contributed by atoms with Crippen molar-refractivity contribution in [1.82, 2.24) is 9.80 Å². The molecule has 7 heteroatoms. The van der Waals surface area contributed by atoms with Crippen molar-refractivity contribution in [3.8, 4) is 0 Å². The van der Waals surface area contributed by atoms with Crippen LogP contribution < -0.4 is 11.5 Å². The van der Waals surface area contributed by atoms with Crippen LogP contribution in [0.2, 0.25) is 0 Å². The number of imide groups is 1. The van der Waals surface area contributed by atoms with Gasteiger partial charge < -0.3 is 16.4 Å². The zero-order valence-corrected chi connectivity index (χ0v) is 15.3. The van der Waals surface area contributed by atoms with E-state index in [4.69, 9.17) is 11.5 Å². The first-order valence-electron chi connectivity index (χ1n) is 8.76. The van der Waals surface area contributed by atoms with Crippen molar-refractivity contribution in [2.75, 3.05) is 37.6 Å². The zero-order valence-electron chi connectivity index (χ0n) is 14.5. The lowest BCUT2D eigenvalue weighted by Crippen LogP contribution is -2.45. The van der Waals surface area contributed by atoms with Crippen LogP contribution in [0.4, 0.5) is 11.4 Å². The second-order valence-electron chi connectivity index (χ2n) is 6.90. The second kappa shape index (κ2) is 7.13. The van der Waals surface area contributed by atoms with Crippen LogP contribution >= 0.6 is 12.4 Å². The molecule has 0 unspecified atom stereocenters. The number of nitrogens with zero attached hydrogens (tertiary/aromatic N) is 2. The molecule has 4 rings (SSSR count). The average molecular weight is 375 g/mol. The summed E-state index contributed by atoms with van der Waals surface area (Å²) in [5, 5.41) is 1.40. The lowest BCUT2D eigenvalue weighted by Gasteiger charge is -2.31. The van der Waals surface area contributed by atoms with Gasteiger partial charge in [-0.25, -0.2) is 0 Å². The van der Waals surface area contributed by atoms with Gasteiger partial charge in [-0.1, -0.05) is 6.42 Å². The number of hydrogen-bond acceptors (Lipinski definition) is 5. The summed E-state index contributed by atoms with van der Waals surface area (Å²) in [4.78, 5) is 29.5. The van der Waals surface area contributed by atoms with Crippen LogP contribution in [0, 0.1) is 0 Å². The van der Waals surface area contributed by atoms with Gasteiger partial charge in [0.05, 0.1) is 11.1 Å². The number of rotatable bonds is 3. The average Bonchev–Trinajstić information content (AvgIpc) is 2.59. The Bertz CT molecular complexity index is 821. The molecule has 2 aliphatic heterocycles. The van der Waals surface area contributed by atoms with E-state index in [1.54, 1.807) is 24.3 Å². The van der Waals surface area contributed by atoms with Crippen LogP contribution in [-0.2, 0) is 0 Å². The number of carbonyl (C=O) groups is 2. The number of carbonyl (C=O) groups excluding carboxylic acids is 2. The van der Waals surface area contributed by atoms with Gasteiger partial charge in [-0.3, -0.25) is 14.5 Å². The van der Waals surface area contributed by atoms with E-state index >= 15 is 0 Å². The van der Waals surface area contributed by atoms with Crippen molar-refractivity contribution in [2.24, 2.45) is 0 Å². The van der Waals surface area contributed by atoms with Gasteiger partial charge in [-0.05, 0) is 55.6 Å². The maximum atomic E-state index is 12.9. The zero-order chi connectivity index (χ0) is 17.6. The van der Waals surface area contributed by atoms with Crippen molar-refractivity contribution < 1.29 is 9.59 Å². The first kappa shape index (κ1) is 18.5. The van der Waals surface area contributed by atoms with Crippen LogP contribution in [0.15, 0.2) is 24.3 Å². The van der Waals surface area contributed by atoms with E-state index in [2.05, 4.69) is 4.90 Å². The van der Waals surface area contributed by atoms with Crippen LogP contribution in [0.3, 0.4) is 0 Å². The highest BCUT2D eigenvalue weighted by Crippen LogP contribution is 2.33. The van der Waals surface area contributed by atoms with E-state index in [0.717, 1.165) is 18.5 Å². The van der Waals surface area contributed by atoms with E-state index in [-0.39, 0.29) is 24.2 Å². The molecule has 2 aromatic carbocycles. The van der Waals surface area contributed by atoms with Gasteiger partial charge in [-0.15, -0.1) is 12.4 Å². The Morgan fingerprint density at radius 2 is 1.35 bits per heavy atom. The van der Waals surface area contributed by atoms with Crippen molar-refractivity contribution in [3.63, 3.8) is 0 Å². The topological polar surface area (TPSA) is 92.7 Å². The molecule has 26 heavy (non-hydrogen) atoms. The number of nitrogens with two attached hydrogens (primary N) is 2. The number of likely N-dealkylation sites (tertiary alicyclic amines) is 1. The number of hydrogen-bond donors (Lipinski definition) is 2. The first-order valence-corrected chi connectivity index (χ1v) is 8.76. The highest BCUT2D eigenvalue weighted by atomic mass is 35.5. The molecule has 2 aliphatic rings. The summed E-state index contributed by atoms with van der Waals surface area (Å²) >= 11 is 0.